The molecule has 2 aromatic rings. The number of aromatic nitrogens is 2. The number of nitrogens with one attached hydrogen (secondary N) is 2. The number of para-hydroxylation sites is 1. The van der Waals surface area contributed by atoms with Crippen molar-refractivity contribution < 1.29 is 9.53 Å². The van der Waals surface area contributed by atoms with Gasteiger partial charge in [0.05, 0.1) is 17.1 Å². The number of benzene rings is 1. The van der Waals surface area contributed by atoms with Crippen LogP contribution in [0.2, 0.25) is 0 Å². The summed E-state index contributed by atoms with van der Waals surface area (Å²) in [6.07, 6.45) is 0. The van der Waals surface area contributed by atoms with Crippen LogP contribution >= 0.6 is 0 Å². The number of ether oxygens (including phenoxy) is 1. The molecule has 0 saturated heterocycles. The fraction of sp³-hybridized carbons (Fsp3) is 0.286. The second kappa shape index (κ2) is 5.56. The van der Waals surface area contributed by atoms with Gasteiger partial charge >= 0.3 is 0 Å². The molecule has 1 aromatic heterocycles. The smallest absolute Gasteiger partial charge is 0.262 e. The third-order valence-corrected chi connectivity index (χ3v) is 2.84. The molecule has 100 valence electrons. The molecule has 0 aliphatic carbocycles. The van der Waals surface area contributed by atoms with E-state index in [1.165, 1.54) is 0 Å². The van der Waals surface area contributed by atoms with Crippen LogP contribution in [0.3, 0.4) is 0 Å². The highest BCUT2D eigenvalue weighted by atomic mass is 16.5. The van der Waals surface area contributed by atoms with Crippen molar-refractivity contribution in [2.24, 2.45) is 0 Å². The number of aromatic amines is 1. The maximum atomic E-state index is 11.8. The van der Waals surface area contributed by atoms with Gasteiger partial charge in [0.2, 0.25) is 0 Å². The van der Waals surface area contributed by atoms with Crippen LogP contribution in [0.25, 0.3) is 0 Å². The molecule has 0 unspecified atom stereocenters. The number of carbonyl (C=O) groups excluding carboxylic acids is 1. The summed E-state index contributed by atoms with van der Waals surface area (Å²) >= 11 is 0. The van der Waals surface area contributed by atoms with E-state index >= 15 is 0 Å². The lowest BCUT2D eigenvalue weighted by Crippen LogP contribution is -2.21. The molecule has 1 heterocycles. The van der Waals surface area contributed by atoms with Gasteiger partial charge in [0.25, 0.3) is 5.91 Å². The summed E-state index contributed by atoms with van der Waals surface area (Å²) in [6.45, 7) is 5.62. The van der Waals surface area contributed by atoms with Gasteiger partial charge in [0.15, 0.2) is 6.61 Å². The van der Waals surface area contributed by atoms with Crippen LogP contribution < -0.4 is 10.1 Å². The molecule has 0 aliphatic heterocycles. The van der Waals surface area contributed by atoms with E-state index in [0.29, 0.717) is 0 Å². The Morgan fingerprint density at radius 1 is 1.32 bits per heavy atom. The number of amides is 1. The van der Waals surface area contributed by atoms with Gasteiger partial charge < -0.3 is 10.1 Å². The number of carbonyl (C=O) groups is 1. The van der Waals surface area contributed by atoms with Crippen molar-refractivity contribution in [3.63, 3.8) is 0 Å². The summed E-state index contributed by atoms with van der Waals surface area (Å²) in [5, 5.41) is 9.63. The highest BCUT2D eigenvalue weighted by Crippen LogP contribution is 2.17. The molecule has 2 rings (SSSR count). The largest absolute Gasteiger partial charge is 0.483 e. The fourth-order valence-electron chi connectivity index (χ4n) is 1.77. The molecule has 19 heavy (non-hydrogen) atoms. The lowest BCUT2D eigenvalue weighted by atomic mass is 10.2. The number of aryl methyl sites for hydroxylation is 3. The van der Waals surface area contributed by atoms with Gasteiger partial charge in [-0.25, -0.2) is 0 Å². The first-order valence-corrected chi connectivity index (χ1v) is 6.08. The van der Waals surface area contributed by atoms with Crippen LogP contribution in [0.4, 0.5) is 5.69 Å². The number of hydrogen-bond acceptors (Lipinski definition) is 3. The first kappa shape index (κ1) is 13.1. The molecular weight excluding hydrogens is 242 g/mol. The van der Waals surface area contributed by atoms with Crippen LogP contribution in [0.1, 0.15) is 17.0 Å². The Hall–Kier alpha value is -2.30. The van der Waals surface area contributed by atoms with Gasteiger partial charge in [-0.3, -0.25) is 9.89 Å². The molecule has 0 saturated carbocycles. The standard InChI is InChI=1S/C14H17N3O2/c1-9-6-4-5-7-12(9)19-8-13(18)15-14-10(2)16-17-11(14)3/h4-7H,8H2,1-3H3,(H,15,18)(H,16,17). The van der Waals surface area contributed by atoms with E-state index in [-0.39, 0.29) is 12.5 Å². The van der Waals surface area contributed by atoms with Crippen molar-refractivity contribution in [3.05, 3.63) is 41.2 Å². The van der Waals surface area contributed by atoms with E-state index in [2.05, 4.69) is 15.5 Å². The molecule has 0 aliphatic rings. The van der Waals surface area contributed by atoms with Gasteiger partial charge in [-0.15, -0.1) is 0 Å². The maximum Gasteiger partial charge on any atom is 0.262 e. The zero-order chi connectivity index (χ0) is 13.8. The van der Waals surface area contributed by atoms with Crippen molar-refractivity contribution in [1.29, 1.82) is 0 Å². The average molecular weight is 259 g/mol. The SMILES string of the molecule is Cc1ccccc1OCC(=O)Nc1c(C)n[nH]c1C. The van der Waals surface area contributed by atoms with Gasteiger partial charge in [-0.1, -0.05) is 18.2 Å². The number of anilines is 1. The van der Waals surface area contributed by atoms with E-state index in [1.807, 2.05) is 45.0 Å². The van der Waals surface area contributed by atoms with E-state index in [0.717, 1.165) is 28.4 Å². The highest BCUT2D eigenvalue weighted by Gasteiger charge is 2.10. The summed E-state index contributed by atoms with van der Waals surface area (Å²) in [5.74, 6) is 0.522. The third-order valence-electron chi connectivity index (χ3n) is 2.84. The average Bonchev–Trinajstić information content (AvgIpc) is 2.70. The molecule has 0 bridgehead atoms. The molecule has 0 radical (unpaired) electrons. The predicted molar refractivity (Wildman–Crippen MR) is 73.4 cm³/mol. The molecule has 0 spiro atoms. The molecule has 1 amide bonds. The maximum absolute atomic E-state index is 11.8. The van der Waals surface area contributed by atoms with Crippen LogP contribution in [0, 0.1) is 20.8 Å². The highest BCUT2D eigenvalue weighted by molar-refractivity contribution is 5.92. The van der Waals surface area contributed by atoms with Crippen molar-refractivity contribution in [1.82, 2.24) is 10.2 Å². The van der Waals surface area contributed by atoms with Crippen molar-refractivity contribution in [2.45, 2.75) is 20.8 Å². The van der Waals surface area contributed by atoms with E-state index in [1.54, 1.807) is 0 Å². The summed E-state index contributed by atoms with van der Waals surface area (Å²) < 4.78 is 5.48. The molecular formula is C14H17N3O2. The van der Waals surface area contributed by atoms with Crippen LogP contribution in [-0.2, 0) is 4.79 Å². The first-order chi connectivity index (χ1) is 9.08. The second-order valence-electron chi connectivity index (χ2n) is 4.41. The zero-order valence-corrected chi connectivity index (χ0v) is 11.3. The molecule has 0 atom stereocenters. The molecule has 2 N–H and O–H groups in total. The topological polar surface area (TPSA) is 67.0 Å². The molecule has 0 fully saturated rings. The Bertz CT molecular complexity index is 571. The van der Waals surface area contributed by atoms with E-state index < -0.39 is 0 Å². The number of H-pyrrole nitrogens is 1. The van der Waals surface area contributed by atoms with Crippen LogP contribution in [0.5, 0.6) is 5.75 Å². The Morgan fingerprint density at radius 3 is 2.68 bits per heavy atom. The van der Waals surface area contributed by atoms with Gasteiger partial charge in [-0.2, -0.15) is 5.10 Å². The summed E-state index contributed by atoms with van der Waals surface area (Å²) in [5.41, 5.74) is 3.33. The minimum atomic E-state index is -0.198. The lowest BCUT2D eigenvalue weighted by molar-refractivity contribution is -0.118. The normalized spacial score (nSPS) is 10.3. The van der Waals surface area contributed by atoms with Crippen molar-refractivity contribution in [3.8, 4) is 5.75 Å². The van der Waals surface area contributed by atoms with Crippen LogP contribution in [0.15, 0.2) is 24.3 Å². The van der Waals surface area contributed by atoms with Gasteiger partial charge in [0, 0.05) is 0 Å². The Balaban J connectivity index is 1.94. The predicted octanol–water partition coefficient (Wildman–Crippen LogP) is 2.35. The van der Waals surface area contributed by atoms with E-state index in [4.69, 9.17) is 4.74 Å². The third kappa shape index (κ3) is 3.13. The molecule has 5 nitrogen and oxygen atoms in total. The summed E-state index contributed by atoms with van der Waals surface area (Å²) in [6, 6.07) is 7.60. The van der Waals surface area contributed by atoms with E-state index in [9.17, 15) is 4.79 Å². The minimum absolute atomic E-state index is 0.0189. The Labute approximate surface area is 112 Å². The number of hydrogen-bond donors (Lipinski definition) is 2. The Morgan fingerprint density at radius 2 is 2.05 bits per heavy atom. The van der Waals surface area contributed by atoms with Crippen molar-refractivity contribution >= 4 is 11.6 Å². The Kier molecular flexibility index (Phi) is 3.85. The van der Waals surface area contributed by atoms with Crippen molar-refractivity contribution in [2.75, 3.05) is 11.9 Å². The van der Waals surface area contributed by atoms with Gasteiger partial charge in [-0.05, 0) is 32.4 Å². The minimum Gasteiger partial charge on any atom is -0.483 e. The van der Waals surface area contributed by atoms with Gasteiger partial charge in [0.1, 0.15) is 5.75 Å². The summed E-state index contributed by atoms with van der Waals surface area (Å²) in [7, 11) is 0. The fourth-order valence-corrected chi connectivity index (χ4v) is 1.77. The molecule has 1 aromatic carbocycles. The second-order valence-corrected chi connectivity index (χ2v) is 4.41. The quantitative estimate of drug-likeness (QED) is 0.885. The summed E-state index contributed by atoms with van der Waals surface area (Å²) in [4.78, 5) is 11.8. The molecule has 5 heteroatoms. The van der Waals surface area contributed by atoms with Crippen LogP contribution in [-0.4, -0.2) is 22.7 Å². The zero-order valence-electron chi connectivity index (χ0n) is 11.3. The number of nitrogens with zero attached hydrogens (tertiary/aromatic N) is 1. The first-order valence-electron chi connectivity index (χ1n) is 6.08. The lowest BCUT2D eigenvalue weighted by Gasteiger charge is -2.09. The number of rotatable bonds is 4. The monoisotopic (exact) mass is 259 g/mol.